The van der Waals surface area contributed by atoms with E-state index >= 15 is 0 Å². The van der Waals surface area contributed by atoms with Crippen LogP contribution < -0.4 is 4.72 Å². The number of allylic oxidation sites excluding steroid dienone is 1. The van der Waals surface area contributed by atoms with Gasteiger partial charge < -0.3 is 0 Å². The molecule has 0 saturated carbocycles. The van der Waals surface area contributed by atoms with Crippen LogP contribution in [0.25, 0.3) is 5.65 Å². The summed E-state index contributed by atoms with van der Waals surface area (Å²) in [7, 11) is -3.32. The molecule has 108 valence electrons. The summed E-state index contributed by atoms with van der Waals surface area (Å²) >= 11 is 5.90. The first-order valence-corrected chi connectivity index (χ1v) is 8.12. The number of fused-ring (bicyclic) bond motifs is 1. The standard InChI is InChI=1S/C12H15ClN4O2S/c1-2-3-4-7-20(18,19)14-8-12-16-15-11-6-5-10(13)9-17(11)12/h2,5-6,9,14H,1,3-4,7-8H2. The third kappa shape index (κ3) is 3.78. The first-order chi connectivity index (χ1) is 9.52. The molecule has 0 aliphatic heterocycles. The van der Waals surface area contributed by atoms with Gasteiger partial charge in [0.15, 0.2) is 11.5 Å². The van der Waals surface area contributed by atoms with Crippen molar-refractivity contribution in [3.8, 4) is 0 Å². The Kier molecular flexibility index (Phi) is 4.74. The molecule has 0 fully saturated rings. The fraction of sp³-hybridized carbons (Fsp3) is 0.333. The highest BCUT2D eigenvalue weighted by atomic mass is 35.5. The van der Waals surface area contributed by atoms with E-state index in [0.29, 0.717) is 29.3 Å². The lowest BCUT2D eigenvalue weighted by atomic mass is 10.3. The van der Waals surface area contributed by atoms with E-state index in [0.717, 1.165) is 0 Å². The molecule has 1 N–H and O–H groups in total. The highest BCUT2D eigenvalue weighted by Gasteiger charge is 2.12. The van der Waals surface area contributed by atoms with Crippen LogP contribution in [0.15, 0.2) is 31.0 Å². The van der Waals surface area contributed by atoms with Crippen LogP contribution >= 0.6 is 11.6 Å². The summed E-state index contributed by atoms with van der Waals surface area (Å²) in [5.74, 6) is 0.561. The van der Waals surface area contributed by atoms with Gasteiger partial charge in [-0.3, -0.25) is 4.40 Å². The maximum absolute atomic E-state index is 11.8. The second-order valence-electron chi connectivity index (χ2n) is 4.26. The summed E-state index contributed by atoms with van der Waals surface area (Å²) in [6, 6.07) is 3.42. The SMILES string of the molecule is C=CCCCS(=O)(=O)NCc1nnc2ccc(Cl)cn12. The van der Waals surface area contributed by atoms with Gasteiger partial charge in [-0.1, -0.05) is 17.7 Å². The third-order valence-corrected chi connectivity index (χ3v) is 4.34. The molecule has 0 spiro atoms. The van der Waals surface area contributed by atoms with Gasteiger partial charge in [0.25, 0.3) is 0 Å². The molecule has 0 bridgehead atoms. The highest BCUT2D eigenvalue weighted by molar-refractivity contribution is 7.89. The van der Waals surface area contributed by atoms with Crippen LogP contribution in [0.3, 0.4) is 0 Å². The molecule has 8 heteroatoms. The van der Waals surface area contributed by atoms with Crippen LogP contribution in [0.1, 0.15) is 18.7 Å². The van der Waals surface area contributed by atoms with Crippen LogP contribution in [0.2, 0.25) is 5.02 Å². The Morgan fingerprint density at radius 1 is 1.40 bits per heavy atom. The van der Waals surface area contributed by atoms with E-state index in [4.69, 9.17) is 11.6 Å². The molecular formula is C12H15ClN4O2S. The predicted molar refractivity (Wildman–Crippen MR) is 78.1 cm³/mol. The molecule has 2 aromatic heterocycles. The number of sulfonamides is 1. The Balaban J connectivity index is 2.05. The van der Waals surface area contributed by atoms with E-state index in [9.17, 15) is 8.42 Å². The molecule has 0 aliphatic rings. The topological polar surface area (TPSA) is 76.4 Å². The second kappa shape index (κ2) is 6.34. The summed E-state index contributed by atoms with van der Waals surface area (Å²) in [5.41, 5.74) is 0.621. The summed E-state index contributed by atoms with van der Waals surface area (Å²) in [4.78, 5) is 0. The Morgan fingerprint density at radius 3 is 2.95 bits per heavy atom. The number of pyridine rings is 1. The smallest absolute Gasteiger partial charge is 0.212 e. The van der Waals surface area contributed by atoms with Crippen molar-refractivity contribution in [1.29, 1.82) is 0 Å². The minimum atomic E-state index is -3.32. The van der Waals surface area contributed by atoms with Crippen LogP contribution in [-0.2, 0) is 16.6 Å². The van der Waals surface area contributed by atoms with Gasteiger partial charge >= 0.3 is 0 Å². The van der Waals surface area contributed by atoms with Crippen molar-refractivity contribution in [2.75, 3.05) is 5.75 Å². The molecule has 0 atom stereocenters. The number of nitrogens with one attached hydrogen (secondary N) is 1. The summed E-state index contributed by atoms with van der Waals surface area (Å²) in [5, 5.41) is 8.42. The average Bonchev–Trinajstić information content (AvgIpc) is 2.79. The number of unbranched alkanes of at least 4 members (excludes halogenated alkanes) is 1. The summed E-state index contributed by atoms with van der Waals surface area (Å²) < 4.78 is 27.7. The molecule has 0 unspecified atom stereocenters. The molecule has 0 amide bonds. The zero-order valence-electron chi connectivity index (χ0n) is 10.8. The van der Waals surface area contributed by atoms with Crippen molar-refractivity contribution in [2.45, 2.75) is 19.4 Å². The van der Waals surface area contributed by atoms with Gasteiger partial charge in [0.05, 0.1) is 17.3 Å². The van der Waals surface area contributed by atoms with Crippen molar-refractivity contribution in [2.24, 2.45) is 0 Å². The molecule has 2 aromatic rings. The van der Waals surface area contributed by atoms with Crippen LogP contribution in [0.5, 0.6) is 0 Å². The van der Waals surface area contributed by atoms with Gasteiger partial charge in [0.2, 0.25) is 10.0 Å². The monoisotopic (exact) mass is 314 g/mol. The van der Waals surface area contributed by atoms with Gasteiger partial charge in [-0.05, 0) is 25.0 Å². The largest absolute Gasteiger partial charge is 0.284 e. The van der Waals surface area contributed by atoms with E-state index in [1.165, 1.54) is 0 Å². The number of hydrogen-bond donors (Lipinski definition) is 1. The lowest BCUT2D eigenvalue weighted by Gasteiger charge is -2.05. The highest BCUT2D eigenvalue weighted by Crippen LogP contribution is 2.11. The number of nitrogens with zero attached hydrogens (tertiary/aromatic N) is 3. The molecule has 0 saturated heterocycles. The van der Waals surface area contributed by atoms with Gasteiger partial charge in [-0.15, -0.1) is 16.8 Å². The van der Waals surface area contributed by atoms with Crippen LogP contribution in [0.4, 0.5) is 0 Å². The van der Waals surface area contributed by atoms with Crippen LogP contribution in [-0.4, -0.2) is 28.8 Å². The normalized spacial score (nSPS) is 11.8. The lowest BCUT2D eigenvalue weighted by Crippen LogP contribution is -2.26. The molecule has 2 rings (SSSR count). The fourth-order valence-electron chi connectivity index (χ4n) is 1.70. The fourth-order valence-corrected chi connectivity index (χ4v) is 2.90. The summed E-state index contributed by atoms with van der Waals surface area (Å²) in [6.07, 6.45) is 4.57. The van der Waals surface area contributed by atoms with E-state index in [-0.39, 0.29) is 12.3 Å². The number of hydrogen-bond acceptors (Lipinski definition) is 4. The molecule has 20 heavy (non-hydrogen) atoms. The van der Waals surface area contributed by atoms with E-state index in [1.54, 1.807) is 28.8 Å². The molecule has 0 radical (unpaired) electrons. The maximum Gasteiger partial charge on any atom is 0.212 e. The van der Waals surface area contributed by atoms with Crippen molar-refractivity contribution >= 4 is 27.3 Å². The molecule has 2 heterocycles. The molecule has 6 nitrogen and oxygen atoms in total. The molecular weight excluding hydrogens is 300 g/mol. The number of rotatable bonds is 7. The zero-order valence-corrected chi connectivity index (χ0v) is 12.4. The number of halogens is 1. The lowest BCUT2D eigenvalue weighted by molar-refractivity contribution is 0.576. The van der Waals surface area contributed by atoms with Crippen molar-refractivity contribution < 1.29 is 8.42 Å². The third-order valence-electron chi connectivity index (χ3n) is 2.71. The number of aromatic nitrogens is 3. The van der Waals surface area contributed by atoms with Gasteiger partial charge in [-0.2, -0.15) is 0 Å². The quantitative estimate of drug-likeness (QED) is 0.624. The zero-order chi connectivity index (χ0) is 14.6. The Labute approximate surface area is 122 Å². The van der Waals surface area contributed by atoms with E-state index in [2.05, 4.69) is 21.5 Å². The molecule has 0 aromatic carbocycles. The Morgan fingerprint density at radius 2 is 2.20 bits per heavy atom. The van der Waals surface area contributed by atoms with Crippen molar-refractivity contribution in [3.63, 3.8) is 0 Å². The van der Waals surface area contributed by atoms with Crippen LogP contribution in [0, 0.1) is 0 Å². The van der Waals surface area contributed by atoms with Crippen molar-refractivity contribution in [1.82, 2.24) is 19.3 Å². The van der Waals surface area contributed by atoms with Crippen molar-refractivity contribution in [3.05, 3.63) is 41.8 Å². The van der Waals surface area contributed by atoms with Gasteiger partial charge in [0, 0.05) is 6.20 Å². The Hall–Kier alpha value is -1.44. The second-order valence-corrected chi connectivity index (χ2v) is 6.63. The van der Waals surface area contributed by atoms with E-state index < -0.39 is 10.0 Å². The van der Waals surface area contributed by atoms with Gasteiger partial charge in [-0.25, -0.2) is 13.1 Å². The minimum absolute atomic E-state index is 0.0660. The summed E-state index contributed by atoms with van der Waals surface area (Å²) in [6.45, 7) is 3.64. The molecule has 0 aliphatic carbocycles. The van der Waals surface area contributed by atoms with E-state index in [1.807, 2.05) is 0 Å². The Bertz CT molecular complexity index is 711. The van der Waals surface area contributed by atoms with Gasteiger partial charge in [0.1, 0.15) is 0 Å². The first kappa shape index (κ1) is 15.0. The predicted octanol–water partition coefficient (Wildman–Crippen LogP) is 1.77. The first-order valence-electron chi connectivity index (χ1n) is 6.09. The minimum Gasteiger partial charge on any atom is -0.284 e. The maximum atomic E-state index is 11.8. The average molecular weight is 315 g/mol.